The third kappa shape index (κ3) is 3.90. The zero-order valence-electron chi connectivity index (χ0n) is 14.6. The van der Waals surface area contributed by atoms with E-state index >= 15 is 0 Å². The number of nitrogens with zero attached hydrogens (tertiary/aromatic N) is 2. The maximum Gasteiger partial charge on any atom is 0.220 e. The number of anilines is 1. The molecule has 1 aliphatic rings. The highest BCUT2D eigenvalue weighted by molar-refractivity contribution is 5.84. The Morgan fingerprint density at radius 2 is 1.69 bits per heavy atom. The molecule has 4 nitrogen and oxygen atoms in total. The van der Waals surface area contributed by atoms with E-state index in [9.17, 15) is 8.78 Å². The van der Waals surface area contributed by atoms with Crippen molar-refractivity contribution in [3.05, 3.63) is 48.2 Å². The molecule has 4 rings (SSSR count). The van der Waals surface area contributed by atoms with E-state index in [2.05, 4.69) is 9.97 Å². The molecule has 0 saturated heterocycles. The summed E-state index contributed by atoms with van der Waals surface area (Å²) in [5.74, 6) is -1.27. The van der Waals surface area contributed by atoms with Crippen LogP contribution in [0.3, 0.4) is 0 Å². The molecule has 0 amide bonds. The molecule has 1 heterocycles. The van der Waals surface area contributed by atoms with Crippen molar-refractivity contribution in [3.8, 4) is 16.9 Å². The first-order valence-electron chi connectivity index (χ1n) is 8.65. The van der Waals surface area contributed by atoms with Gasteiger partial charge < -0.3 is 10.5 Å². The van der Waals surface area contributed by atoms with Crippen LogP contribution in [0.25, 0.3) is 22.0 Å². The highest BCUT2D eigenvalue weighted by atomic mass is 19.1. The van der Waals surface area contributed by atoms with E-state index in [0.717, 1.165) is 0 Å². The summed E-state index contributed by atoms with van der Waals surface area (Å²) >= 11 is 0. The van der Waals surface area contributed by atoms with Gasteiger partial charge in [-0.1, -0.05) is 38.2 Å². The maximum atomic E-state index is 14.3. The first kappa shape index (κ1) is 18.0. The molecule has 0 spiro atoms. The van der Waals surface area contributed by atoms with Gasteiger partial charge in [0, 0.05) is 11.6 Å². The third-order valence-electron chi connectivity index (χ3n) is 4.41. The number of rotatable bonds is 2. The number of benzene rings is 2. The molecule has 0 unspecified atom stereocenters. The van der Waals surface area contributed by atoms with E-state index in [1.54, 1.807) is 18.2 Å². The monoisotopic (exact) mass is 357 g/mol. The summed E-state index contributed by atoms with van der Waals surface area (Å²) < 4.78 is 33.1. The number of nitrogens with two attached hydrogens (primary N) is 1. The van der Waals surface area contributed by atoms with Gasteiger partial charge in [0.15, 0.2) is 11.6 Å². The third-order valence-corrected chi connectivity index (χ3v) is 4.41. The molecular formula is C20H21F2N3O. The summed E-state index contributed by atoms with van der Waals surface area (Å²) in [5, 5.41) is 0.642. The van der Waals surface area contributed by atoms with Crippen LogP contribution in [0.2, 0.25) is 0 Å². The van der Waals surface area contributed by atoms with Gasteiger partial charge >= 0.3 is 0 Å². The average molecular weight is 357 g/mol. The summed E-state index contributed by atoms with van der Waals surface area (Å²) in [7, 11) is 1.33. The number of halogens is 2. The lowest BCUT2D eigenvalue weighted by Gasteiger charge is -2.09. The molecule has 1 aliphatic carbocycles. The van der Waals surface area contributed by atoms with Crippen molar-refractivity contribution in [2.75, 3.05) is 12.8 Å². The van der Waals surface area contributed by atoms with Crippen molar-refractivity contribution in [2.24, 2.45) is 0 Å². The lowest BCUT2D eigenvalue weighted by atomic mass is 10.0. The van der Waals surface area contributed by atoms with Gasteiger partial charge in [0.2, 0.25) is 5.95 Å². The number of fused-ring (bicyclic) bond motifs is 1. The molecule has 1 fully saturated rings. The standard InChI is InChI=1S/C15H11F2N3O.C5H10/c1-21-12-5-3-10(16)13(14(12)17)8-2-4-11-9(6-8)7-19-15(18)20-11;1-2-4-5-3-1/h2-7H,1H3,(H2,18,19,20);1-5H2. The molecule has 2 aromatic carbocycles. The Morgan fingerprint density at radius 1 is 1.00 bits per heavy atom. The summed E-state index contributed by atoms with van der Waals surface area (Å²) in [4.78, 5) is 7.92. The highest BCUT2D eigenvalue weighted by Gasteiger charge is 2.16. The SMILES string of the molecule is C1CCCC1.COc1ccc(F)c(-c2ccc3nc(N)ncc3c2)c1F. The van der Waals surface area contributed by atoms with E-state index < -0.39 is 11.6 Å². The number of methoxy groups -OCH3 is 1. The summed E-state index contributed by atoms with van der Waals surface area (Å²) in [6.45, 7) is 0. The van der Waals surface area contributed by atoms with Gasteiger partial charge in [0.05, 0.1) is 18.2 Å². The van der Waals surface area contributed by atoms with Gasteiger partial charge in [0.25, 0.3) is 0 Å². The first-order chi connectivity index (χ1) is 12.6. The van der Waals surface area contributed by atoms with Gasteiger partial charge in [-0.2, -0.15) is 0 Å². The van der Waals surface area contributed by atoms with Gasteiger partial charge in [-0.05, 0) is 29.8 Å². The minimum atomic E-state index is -0.742. The quantitative estimate of drug-likeness (QED) is 0.692. The number of hydrogen-bond donors (Lipinski definition) is 1. The lowest BCUT2D eigenvalue weighted by Crippen LogP contribution is -1.96. The van der Waals surface area contributed by atoms with Crippen molar-refractivity contribution in [3.63, 3.8) is 0 Å². The normalized spacial score (nSPS) is 13.3. The van der Waals surface area contributed by atoms with Crippen LogP contribution in [0.1, 0.15) is 32.1 Å². The molecular weight excluding hydrogens is 336 g/mol. The average Bonchev–Trinajstić information content (AvgIpc) is 3.22. The summed E-state index contributed by atoms with van der Waals surface area (Å²) in [6, 6.07) is 7.24. The predicted molar refractivity (Wildman–Crippen MR) is 98.9 cm³/mol. The van der Waals surface area contributed by atoms with Crippen molar-refractivity contribution >= 4 is 16.9 Å². The van der Waals surface area contributed by atoms with Gasteiger partial charge in [-0.25, -0.2) is 18.7 Å². The van der Waals surface area contributed by atoms with Gasteiger partial charge in [-0.3, -0.25) is 0 Å². The van der Waals surface area contributed by atoms with Crippen LogP contribution in [-0.2, 0) is 0 Å². The fraction of sp³-hybridized carbons (Fsp3) is 0.300. The lowest BCUT2D eigenvalue weighted by molar-refractivity contribution is 0.385. The molecule has 1 aromatic heterocycles. The molecule has 0 aliphatic heterocycles. The predicted octanol–water partition coefficient (Wildman–Crippen LogP) is 5.12. The van der Waals surface area contributed by atoms with Crippen LogP contribution >= 0.6 is 0 Å². The fourth-order valence-electron chi connectivity index (χ4n) is 3.04. The maximum absolute atomic E-state index is 14.3. The number of nitrogen functional groups attached to an aromatic ring is 1. The number of ether oxygens (including phenoxy) is 1. The fourth-order valence-corrected chi connectivity index (χ4v) is 3.04. The van der Waals surface area contributed by atoms with Crippen LogP contribution in [0, 0.1) is 11.6 Å². The molecule has 26 heavy (non-hydrogen) atoms. The van der Waals surface area contributed by atoms with Crippen LogP contribution in [0.4, 0.5) is 14.7 Å². The van der Waals surface area contributed by atoms with Crippen LogP contribution in [-0.4, -0.2) is 17.1 Å². The summed E-state index contributed by atoms with van der Waals surface area (Å²) in [5.41, 5.74) is 6.34. The van der Waals surface area contributed by atoms with Crippen molar-refractivity contribution in [2.45, 2.75) is 32.1 Å². The van der Waals surface area contributed by atoms with Crippen molar-refractivity contribution < 1.29 is 13.5 Å². The topological polar surface area (TPSA) is 61.0 Å². The van der Waals surface area contributed by atoms with Crippen LogP contribution < -0.4 is 10.5 Å². The van der Waals surface area contributed by atoms with E-state index in [-0.39, 0.29) is 17.3 Å². The Kier molecular flexibility index (Phi) is 5.61. The minimum absolute atomic E-state index is 0.0138. The number of aromatic nitrogens is 2. The Morgan fingerprint density at radius 3 is 2.35 bits per heavy atom. The Labute approximate surface area is 151 Å². The van der Waals surface area contributed by atoms with Crippen molar-refractivity contribution in [1.82, 2.24) is 9.97 Å². The van der Waals surface area contributed by atoms with E-state index in [0.29, 0.717) is 16.5 Å². The second-order valence-electron chi connectivity index (χ2n) is 6.21. The van der Waals surface area contributed by atoms with Crippen LogP contribution in [0.15, 0.2) is 36.5 Å². The zero-order valence-corrected chi connectivity index (χ0v) is 14.6. The summed E-state index contributed by atoms with van der Waals surface area (Å²) in [6.07, 6.45) is 9.01. The molecule has 1 saturated carbocycles. The molecule has 3 aromatic rings. The Balaban J connectivity index is 0.000000339. The number of hydrogen-bond acceptors (Lipinski definition) is 4. The molecule has 0 bridgehead atoms. The molecule has 6 heteroatoms. The Bertz CT molecular complexity index is 903. The molecule has 2 N–H and O–H groups in total. The smallest absolute Gasteiger partial charge is 0.220 e. The van der Waals surface area contributed by atoms with Gasteiger partial charge in [-0.15, -0.1) is 0 Å². The molecule has 0 radical (unpaired) electrons. The highest BCUT2D eigenvalue weighted by Crippen LogP contribution is 2.33. The van der Waals surface area contributed by atoms with E-state index in [1.165, 1.54) is 57.5 Å². The zero-order chi connectivity index (χ0) is 18.5. The molecule has 136 valence electrons. The first-order valence-corrected chi connectivity index (χ1v) is 8.65. The van der Waals surface area contributed by atoms with Crippen molar-refractivity contribution in [1.29, 1.82) is 0 Å². The van der Waals surface area contributed by atoms with E-state index in [4.69, 9.17) is 10.5 Å². The van der Waals surface area contributed by atoms with Gasteiger partial charge in [0.1, 0.15) is 5.82 Å². The second-order valence-corrected chi connectivity index (χ2v) is 6.21. The minimum Gasteiger partial charge on any atom is -0.494 e. The Hall–Kier alpha value is -2.76. The second kappa shape index (κ2) is 8.08. The van der Waals surface area contributed by atoms with Crippen LogP contribution in [0.5, 0.6) is 5.75 Å². The molecule has 0 atom stereocenters. The van der Waals surface area contributed by atoms with E-state index in [1.807, 2.05) is 0 Å². The largest absolute Gasteiger partial charge is 0.494 e.